The molecule has 0 unspecified atom stereocenters. The van der Waals surface area contributed by atoms with E-state index >= 15 is 0 Å². The topological polar surface area (TPSA) is 46.5 Å². The van der Waals surface area contributed by atoms with Crippen molar-refractivity contribution in [2.75, 3.05) is 7.11 Å². The second kappa shape index (κ2) is 5.14. The number of hydrogen-bond acceptors (Lipinski definition) is 2. The van der Waals surface area contributed by atoms with Gasteiger partial charge in [0.1, 0.15) is 5.75 Å². The number of carbonyl (C=O) groups is 1. The number of carboxylic acid groups (broad SMARTS) is 1. The third-order valence-corrected chi connectivity index (χ3v) is 3.30. The highest BCUT2D eigenvalue weighted by molar-refractivity contribution is 5.90. The van der Waals surface area contributed by atoms with E-state index in [1.165, 1.54) is 18.7 Å². The van der Waals surface area contributed by atoms with Crippen LogP contribution in [-0.4, -0.2) is 18.2 Å². The van der Waals surface area contributed by atoms with E-state index in [4.69, 9.17) is 9.84 Å². The van der Waals surface area contributed by atoms with Crippen molar-refractivity contribution in [3.8, 4) is 16.9 Å². The largest absolute Gasteiger partial charge is 0.497 e. The summed E-state index contributed by atoms with van der Waals surface area (Å²) in [6.07, 6.45) is 0. The fourth-order valence-electron chi connectivity index (χ4n) is 2.06. The first-order valence-corrected chi connectivity index (χ1v) is 6.02. The molecule has 0 saturated heterocycles. The van der Waals surface area contributed by atoms with Crippen molar-refractivity contribution in [3.63, 3.8) is 0 Å². The summed E-state index contributed by atoms with van der Waals surface area (Å²) in [7, 11) is 1.54. The van der Waals surface area contributed by atoms with Crippen LogP contribution in [0.2, 0.25) is 0 Å². The molecule has 0 aliphatic carbocycles. The molecule has 2 aromatic rings. The van der Waals surface area contributed by atoms with Gasteiger partial charge in [-0.15, -0.1) is 0 Å². The number of ether oxygens (including phenoxy) is 1. The summed E-state index contributed by atoms with van der Waals surface area (Å²) in [5.74, 6) is -0.402. The van der Waals surface area contributed by atoms with Gasteiger partial charge in [-0.05, 0) is 54.3 Å². The van der Waals surface area contributed by atoms with Crippen LogP contribution in [0, 0.1) is 13.8 Å². The molecule has 2 aromatic carbocycles. The van der Waals surface area contributed by atoms with E-state index in [0.717, 1.165) is 16.7 Å². The van der Waals surface area contributed by atoms with Crippen molar-refractivity contribution in [2.24, 2.45) is 0 Å². The van der Waals surface area contributed by atoms with E-state index in [-0.39, 0.29) is 5.56 Å². The zero-order chi connectivity index (χ0) is 14.0. The Balaban J connectivity index is 2.64. The molecule has 0 saturated carbocycles. The molecule has 0 amide bonds. The molecule has 0 atom stereocenters. The van der Waals surface area contributed by atoms with Gasteiger partial charge in [0.25, 0.3) is 0 Å². The predicted octanol–water partition coefficient (Wildman–Crippen LogP) is 3.68. The van der Waals surface area contributed by atoms with Crippen LogP contribution in [0.4, 0.5) is 0 Å². The maximum atomic E-state index is 11.1. The molecule has 0 bridgehead atoms. The molecule has 3 nitrogen and oxygen atoms in total. The van der Waals surface area contributed by atoms with Gasteiger partial charge in [0.05, 0.1) is 12.7 Å². The Morgan fingerprint density at radius 1 is 1.16 bits per heavy atom. The number of aromatic carboxylic acids is 1. The van der Waals surface area contributed by atoms with E-state index < -0.39 is 5.97 Å². The summed E-state index contributed by atoms with van der Waals surface area (Å²) in [6.45, 7) is 4.07. The van der Waals surface area contributed by atoms with Crippen LogP contribution in [-0.2, 0) is 0 Å². The summed E-state index contributed by atoms with van der Waals surface area (Å²) in [4.78, 5) is 11.1. The van der Waals surface area contributed by atoms with Gasteiger partial charge < -0.3 is 9.84 Å². The maximum absolute atomic E-state index is 11.1. The number of hydrogen-bond donors (Lipinski definition) is 1. The fourth-order valence-corrected chi connectivity index (χ4v) is 2.06. The van der Waals surface area contributed by atoms with Crippen LogP contribution in [0.15, 0.2) is 36.4 Å². The van der Waals surface area contributed by atoms with Gasteiger partial charge in [-0.2, -0.15) is 0 Å². The molecular weight excluding hydrogens is 240 g/mol. The molecule has 3 heteroatoms. The standard InChI is InChI=1S/C16H16O3/c1-10-5-4-6-15(11(10)2)12-7-13(16(17)18)9-14(8-12)19-3/h4-9H,1-3H3,(H,17,18). The number of aryl methyl sites for hydroxylation is 1. The second-order valence-corrected chi connectivity index (χ2v) is 4.50. The molecule has 0 fully saturated rings. The normalized spacial score (nSPS) is 10.3. The average Bonchev–Trinajstić information content (AvgIpc) is 2.41. The van der Waals surface area contributed by atoms with Gasteiger partial charge in [-0.3, -0.25) is 0 Å². The highest BCUT2D eigenvalue weighted by Crippen LogP contribution is 2.29. The van der Waals surface area contributed by atoms with E-state index in [9.17, 15) is 4.79 Å². The first kappa shape index (κ1) is 13.1. The quantitative estimate of drug-likeness (QED) is 0.911. The molecule has 19 heavy (non-hydrogen) atoms. The van der Waals surface area contributed by atoms with Crippen molar-refractivity contribution in [2.45, 2.75) is 13.8 Å². The Morgan fingerprint density at radius 2 is 1.89 bits per heavy atom. The minimum Gasteiger partial charge on any atom is -0.497 e. The predicted molar refractivity (Wildman–Crippen MR) is 74.9 cm³/mol. The summed E-state index contributed by atoms with van der Waals surface area (Å²) in [6, 6.07) is 11.1. The Kier molecular flexibility index (Phi) is 3.56. The summed E-state index contributed by atoms with van der Waals surface area (Å²) >= 11 is 0. The SMILES string of the molecule is COc1cc(C(=O)O)cc(-c2cccc(C)c2C)c1. The van der Waals surface area contributed by atoms with Gasteiger partial charge in [-0.25, -0.2) is 4.79 Å². The molecule has 0 aliphatic heterocycles. The van der Waals surface area contributed by atoms with Gasteiger partial charge in [0.15, 0.2) is 0 Å². The molecule has 0 heterocycles. The van der Waals surface area contributed by atoms with Crippen LogP contribution in [0.25, 0.3) is 11.1 Å². The number of rotatable bonds is 3. The molecule has 1 N–H and O–H groups in total. The summed E-state index contributed by atoms with van der Waals surface area (Å²) < 4.78 is 5.17. The summed E-state index contributed by atoms with van der Waals surface area (Å²) in [5, 5.41) is 9.14. The lowest BCUT2D eigenvalue weighted by molar-refractivity contribution is 0.0696. The van der Waals surface area contributed by atoms with E-state index in [1.807, 2.05) is 38.1 Å². The zero-order valence-electron chi connectivity index (χ0n) is 11.2. The van der Waals surface area contributed by atoms with Crippen molar-refractivity contribution in [1.29, 1.82) is 0 Å². The van der Waals surface area contributed by atoms with Gasteiger partial charge in [0, 0.05) is 0 Å². The minimum absolute atomic E-state index is 0.232. The zero-order valence-corrected chi connectivity index (χ0v) is 11.2. The molecule has 0 radical (unpaired) electrons. The molecule has 0 aromatic heterocycles. The molecule has 0 spiro atoms. The van der Waals surface area contributed by atoms with Crippen LogP contribution < -0.4 is 4.74 Å². The number of carboxylic acids is 1. The lowest BCUT2D eigenvalue weighted by atomic mass is 9.95. The van der Waals surface area contributed by atoms with Crippen LogP contribution in [0.3, 0.4) is 0 Å². The first-order chi connectivity index (χ1) is 9.02. The smallest absolute Gasteiger partial charge is 0.335 e. The van der Waals surface area contributed by atoms with Gasteiger partial charge in [-0.1, -0.05) is 18.2 Å². The van der Waals surface area contributed by atoms with Gasteiger partial charge >= 0.3 is 5.97 Å². The Hall–Kier alpha value is -2.29. The lowest BCUT2D eigenvalue weighted by Crippen LogP contribution is -1.98. The minimum atomic E-state index is -0.953. The van der Waals surface area contributed by atoms with Crippen LogP contribution in [0.5, 0.6) is 5.75 Å². The Labute approximate surface area is 112 Å². The highest BCUT2D eigenvalue weighted by atomic mass is 16.5. The Morgan fingerprint density at radius 3 is 2.53 bits per heavy atom. The lowest BCUT2D eigenvalue weighted by Gasteiger charge is -2.11. The fraction of sp³-hybridized carbons (Fsp3) is 0.188. The van der Waals surface area contributed by atoms with Crippen LogP contribution >= 0.6 is 0 Å². The molecule has 2 rings (SSSR count). The average molecular weight is 256 g/mol. The molecule has 0 aliphatic rings. The highest BCUT2D eigenvalue weighted by Gasteiger charge is 2.10. The summed E-state index contributed by atoms with van der Waals surface area (Å²) in [5.41, 5.74) is 4.44. The van der Waals surface area contributed by atoms with Crippen molar-refractivity contribution < 1.29 is 14.6 Å². The number of methoxy groups -OCH3 is 1. The van der Waals surface area contributed by atoms with Crippen LogP contribution in [0.1, 0.15) is 21.5 Å². The Bertz CT molecular complexity index is 630. The van der Waals surface area contributed by atoms with E-state index in [2.05, 4.69) is 0 Å². The third-order valence-electron chi connectivity index (χ3n) is 3.30. The van der Waals surface area contributed by atoms with Crippen molar-refractivity contribution >= 4 is 5.97 Å². The van der Waals surface area contributed by atoms with Crippen molar-refractivity contribution in [1.82, 2.24) is 0 Å². The third kappa shape index (κ3) is 2.60. The van der Waals surface area contributed by atoms with E-state index in [1.54, 1.807) is 6.07 Å². The van der Waals surface area contributed by atoms with Crippen molar-refractivity contribution in [3.05, 3.63) is 53.1 Å². The number of benzene rings is 2. The molecular formula is C16H16O3. The second-order valence-electron chi connectivity index (χ2n) is 4.50. The monoisotopic (exact) mass is 256 g/mol. The van der Waals surface area contributed by atoms with Gasteiger partial charge in [0.2, 0.25) is 0 Å². The first-order valence-electron chi connectivity index (χ1n) is 6.02. The molecule has 98 valence electrons. The van der Waals surface area contributed by atoms with E-state index in [0.29, 0.717) is 5.75 Å². The maximum Gasteiger partial charge on any atom is 0.335 e.